The molecule has 0 unspecified atom stereocenters. The van der Waals surface area contributed by atoms with Gasteiger partial charge in [-0.1, -0.05) is 6.42 Å². The molecule has 0 atom stereocenters. The second kappa shape index (κ2) is 5.80. The monoisotopic (exact) mass is 265 g/mol. The molecule has 1 aromatic rings. The third kappa shape index (κ3) is 2.42. The molecule has 0 aliphatic heterocycles. The lowest BCUT2D eigenvalue weighted by atomic mass is 9.64. The van der Waals surface area contributed by atoms with Crippen LogP contribution in [0.1, 0.15) is 30.4 Å². The number of hydrogen-bond acceptors (Lipinski definition) is 4. The van der Waals surface area contributed by atoms with E-state index in [4.69, 9.17) is 19.9 Å². The van der Waals surface area contributed by atoms with Gasteiger partial charge in [0.1, 0.15) is 0 Å². The molecule has 1 aliphatic carbocycles. The Balaban J connectivity index is 2.47. The topological polar surface area (TPSA) is 53.7 Å². The van der Waals surface area contributed by atoms with E-state index in [1.807, 2.05) is 0 Å². The Kier molecular flexibility index (Phi) is 4.32. The predicted molar refractivity (Wildman–Crippen MR) is 74.8 cm³/mol. The average Bonchev–Trinajstić information content (AvgIpc) is 2.38. The van der Waals surface area contributed by atoms with Gasteiger partial charge < -0.3 is 19.9 Å². The van der Waals surface area contributed by atoms with E-state index < -0.39 is 0 Å². The van der Waals surface area contributed by atoms with Crippen molar-refractivity contribution in [3.05, 3.63) is 23.3 Å². The van der Waals surface area contributed by atoms with Crippen LogP contribution in [0.15, 0.2) is 12.1 Å². The zero-order valence-corrected chi connectivity index (χ0v) is 12.0. The van der Waals surface area contributed by atoms with Crippen LogP contribution in [0.4, 0.5) is 0 Å². The number of hydrogen-bond donors (Lipinski definition) is 1. The van der Waals surface area contributed by atoms with Crippen LogP contribution in [0.3, 0.4) is 0 Å². The van der Waals surface area contributed by atoms with Crippen molar-refractivity contribution in [2.24, 2.45) is 5.73 Å². The molecular formula is C15H23NO3. The fourth-order valence-electron chi connectivity index (χ4n) is 2.83. The normalized spacial score (nSPS) is 16.8. The van der Waals surface area contributed by atoms with Crippen molar-refractivity contribution in [1.82, 2.24) is 0 Å². The quantitative estimate of drug-likeness (QED) is 0.857. The summed E-state index contributed by atoms with van der Waals surface area (Å²) in [5.74, 6) is 1.51. The standard InChI is InChI=1S/C15H23NO3/c1-17-9-11-7-12(15(10-16)5-4-6-15)8-13(18-2)14(11)19-3/h7-8H,4-6,9-10,16H2,1-3H3. The molecule has 1 aromatic carbocycles. The highest BCUT2D eigenvalue weighted by Gasteiger charge is 2.38. The van der Waals surface area contributed by atoms with Crippen LogP contribution in [0, 0.1) is 0 Å². The number of methoxy groups -OCH3 is 3. The van der Waals surface area contributed by atoms with Crippen LogP contribution >= 0.6 is 0 Å². The Bertz CT molecular complexity index is 436. The van der Waals surface area contributed by atoms with Gasteiger partial charge in [-0.2, -0.15) is 0 Å². The van der Waals surface area contributed by atoms with Crippen LogP contribution in [0.2, 0.25) is 0 Å². The summed E-state index contributed by atoms with van der Waals surface area (Å²) >= 11 is 0. The van der Waals surface area contributed by atoms with Crippen molar-refractivity contribution >= 4 is 0 Å². The van der Waals surface area contributed by atoms with Gasteiger partial charge in [-0.25, -0.2) is 0 Å². The highest BCUT2D eigenvalue weighted by Crippen LogP contribution is 2.46. The minimum atomic E-state index is 0.113. The maximum Gasteiger partial charge on any atom is 0.166 e. The number of ether oxygens (including phenoxy) is 3. The number of benzene rings is 1. The largest absolute Gasteiger partial charge is 0.493 e. The fourth-order valence-corrected chi connectivity index (χ4v) is 2.83. The highest BCUT2D eigenvalue weighted by molar-refractivity contribution is 5.51. The van der Waals surface area contributed by atoms with Crippen molar-refractivity contribution in [2.45, 2.75) is 31.3 Å². The lowest BCUT2D eigenvalue weighted by molar-refractivity contribution is 0.180. The smallest absolute Gasteiger partial charge is 0.166 e. The van der Waals surface area contributed by atoms with Crippen LogP contribution in [0.25, 0.3) is 0 Å². The van der Waals surface area contributed by atoms with E-state index in [1.54, 1.807) is 21.3 Å². The van der Waals surface area contributed by atoms with Crippen molar-refractivity contribution in [3.8, 4) is 11.5 Å². The summed E-state index contributed by atoms with van der Waals surface area (Å²) in [4.78, 5) is 0. The summed E-state index contributed by atoms with van der Waals surface area (Å²) in [6.45, 7) is 1.18. The van der Waals surface area contributed by atoms with Crippen LogP contribution in [-0.4, -0.2) is 27.9 Å². The second-order valence-electron chi connectivity index (χ2n) is 5.14. The summed E-state index contributed by atoms with van der Waals surface area (Å²) in [5, 5.41) is 0. The van der Waals surface area contributed by atoms with Crippen LogP contribution in [-0.2, 0) is 16.8 Å². The van der Waals surface area contributed by atoms with Crippen molar-refractivity contribution in [3.63, 3.8) is 0 Å². The third-order valence-corrected chi connectivity index (χ3v) is 4.17. The summed E-state index contributed by atoms with van der Waals surface area (Å²) in [6.07, 6.45) is 3.53. The van der Waals surface area contributed by atoms with Crippen LogP contribution in [0.5, 0.6) is 11.5 Å². The summed E-state index contributed by atoms with van der Waals surface area (Å²) in [7, 11) is 4.99. The van der Waals surface area contributed by atoms with Crippen molar-refractivity contribution < 1.29 is 14.2 Å². The SMILES string of the molecule is COCc1cc(C2(CN)CCC2)cc(OC)c1OC. The third-order valence-electron chi connectivity index (χ3n) is 4.17. The zero-order valence-electron chi connectivity index (χ0n) is 12.0. The Morgan fingerprint density at radius 2 is 1.89 bits per heavy atom. The molecule has 0 bridgehead atoms. The maximum atomic E-state index is 5.98. The van der Waals surface area contributed by atoms with Gasteiger partial charge in [-0.3, -0.25) is 0 Å². The molecule has 0 aromatic heterocycles. The molecule has 1 saturated carbocycles. The first-order valence-electron chi connectivity index (χ1n) is 6.65. The molecule has 1 aliphatic rings. The van der Waals surface area contributed by atoms with E-state index in [0.717, 1.165) is 29.9 Å². The van der Waals surface area contributed by atoms with E-state index in [0.29, 0.717) is 13.2 Å². The molecule has 2 rings (SSSR count). The van der Waals surface area contributed by atoms with Gasteiger partial charge >= 0.3 is 0 Å². The molecule has 0 amide bonds. The highest BCUT2D eigenvalue weighted by atomic mass is 16.5. The van der Waals surface area contributed by atoms with Gasteiger partial charge in [0.25, 0.3) is 0 Å². The molecule has 0 saturated heterocycles. The first-order valence-corrected chi connectivity index (χ1v) is 6.65. The molecule has 106 valence electrons. The summed E-state index contributed by atoms with van der Waals surface area (Å²) in [6, 6.07) is 4.21. The minimum absolute atomic E-state index is 0.113. The first-order chi connectivity index (χ1) is 9.20. The van der Waals surface area contributed by atoms with E-state index in [-0.39, 0.29) is 5.41 Å². The lowest BCUT2D eigenvalue weighted by Crippen LogP contribution is -2.41. The number of rotatable bonds is 6. The molecule has 0 radical (unpaired) electrons. The molecule has 2 N–H and O–H groups in total. The molecule has 4 heteroatoms. The van der Waals surface area contributed by atoms with Gasteiger partial charge in [0.2, 0.25) is 0 Å². The van der Waals surface area contributed by atoms with Crippen molar-refractivity contribution in [1.29, 1.82) is 0 Å². The van der Waals surface area contributed by atoms with Gasteiger partial charge in [0, 0.05) is 24.6 Å². The van der Waals surface area contributed by atoms with E-state index >= 15 is 0 Å². The molecule has 1 fully saturated rings. The Morgan fingerprint density at radius 3 is 2.32 bits per heavy atom. The molecule has 0 spiro atoms. The minimum Gasteiger partial charge on any atom is -0.493 e. The molecule has 4 nitrogen and oxygen atoms in total. The van der Waals surface area contributed by atoms with E-state index in [9.17, 15) is 0 Å². The fraction of sp³-hybridized carbons (Fsp3) is 0.600. The first kappa shape index (κ1) is 14.2. The van der Waals surface area contributed by atoms with E-state index in [1.165, 1.54) is 12.0 Å². The van der Waals surface area contributed by atoms with Crippen molar-refractivity contribution in [2.75, 3.05) is 27.9 Å². The Hall–Kier alpha value is -1.26. The van der Waals surface area contributed by atoms with Gasteiger partial charge in [0.15, 0.2) is 11.5 Å². The second-order valence-corrected chi connectivity index (χ2v) is 5.14. The zero-order chi connectivity index (χ0) is 13.9. The molecule has 19 heavy (non-hydrogen) atoms. The predicted octanol–water partition coefficient (Wildman–Crippen LogP) is 2.23. The Labute approximate surface area is 114 Å². The van der Waals surface area contributed by atoms with Gasteiger partial charge in [0.05, 0.1) is 20.8 Å². The Morgan fingerprint density at radius 1 is 1.16 bits per heavy atom. The summed E-state index contributed by atoms with van der Waals surface area (Å²) in [5.41, 5.74) is 8.35. The van der Waals surface area contributed by atoms with Crippen LogP contribution < -0.4 is 15.2 Å². The molecule has 0 heterocycles. The van der Waals surface area contributed by atoms with Gasteiger partial charge in [-0.15, -0.1) is 0 Å². The summed E-state index contributed by atoms with van der Waals surface area (Å²) < 4.78 is 16.1. The molecular weight excluding hydrogens is 242 g/mol. The average molecular weight is 265 g/mol. The maximum absolute atomic E-state index is 5.98. The van der Waals surface area contributed by atoms with E-state index in [2.05, 4.69) is 12.1 Å². The lowest BCUT2D eigenvalue weighted by Gasteiger charge is -2.42. The van der Waals surface area contributed by atoms with Gasteiger partial charge in [-0.05, 0) is 30.5 Å². The number of nitrogens with two attached hydrogens (primary N) is 1.